The first kappa shape index (κ1) is 14.5. The predicted octanol–water partition coefficient (Wildman–Crippen LogP) is 4.00. The maximum Gasteiger partial charge on any atom is 0.261 e. The van der Waals surface area contributed by atoms with Gasteiger partial charge >= 0.3 is 0 Å². The molecule has 2 N–H and O–H groups in total. The van der Waals surface area contributed by atoms with Gasteiger partial charge in [-0.15, -0.1) is 22.7 Å². The Balaban J connectivity index is 1.61. The van der Waals surface area contributed by atoms with Crippen molar-refractivity contribution in [3.63, 3.8) is 0 Å². The van der Waals surface area contributed by atoms with Gasteiger partial charge in [-0.2, -0.15) is 11.3 Å². The van der Waals surface area contributed by atoms with Crippen LogP contribution in [-0.2, 0) is 0 Å². The zero-order valence-corrected chi connectivity index (χ0v) is 13.4. The highest BCUT2D eigenvalue weighted by atomic mass is 32.1. The number of thiophene rings is 3. The molecule has 0 saturated heterocycles. The van der Waals surface area contributed by atoms with E-state index in [1.54, 1.807) is 28.7 Å². The van der Waals surface area contributed by atoms with Crippen molar-refractivity contribution >= 4 is 39.9 Å². The minimum atomic E-state index is -0.675. The Morgan fingerprint density at radius 3 is 2.86 bits per heavy atom. The standard InChI is InChI=1S/C15H13NO2S3/c17-11(8-16-15(18)14-2-1-6-20-14)13-4-3-12(21-13)10-5-7-19-9-10/h1-7,9,11,17H,8H2,(H,16,18). The molecule has 3 heterocycles. The van der Waals surface area contributed by atoms with E-state index in [0.717, 1.165) is 9.75 Å². The summed E-state index contributed by atoms with van der Waals surface area (Å²) in [6.45, 7) is 0.223. The first-order valence-corrected chi connectivity index (χ1v) is 9.00. The number of hydrogen-bond acceptors (Lipinski definition) is 5. The lowest BCUT2D eigenvalue weighted by molar-refractivity contribution is 0.0922. The second kappa shape index (κ2) is 6.53. The van der Waals surface area contributed by atoms with Gasteiger partial charge in [0, 0.05) is 21.9 Å². The molecule has 3 aromatic heterocycles. The van der Waals surface area contributed by atoms with Crippen LogP contribution in [-0.4, -0.2) is 17.6 Å². The Labute approximate surface area is 134 Å². The first-order valence-electron chi connectivity index (χ1n) is 6.36. The molecule has 0 spiro atoms. The summed E-state index contributed by atoms with van der Waals surface area (Å²) in [5, 5.41) is 18.9. The predicted molar refractivity (Wildman–Crippen MR) is 89.2 cm³/mol. The van der Waals surface area contributed by atoms with E-state index < -0.39 is 6.10 Å². The van der Waals surface area contributed by atoms with Crippen LogP contribution >= 0.6 is 34.0 Å². The quantitative estimate of drug-likeness (QED) is 0.740. The van der Waals surface area contributed by atoms with E-state index in [2.05, 4.69) is 16.8 Å². The molecule has 0 aliphatic carbocycles. The van der Waals surface area contributed by atoms with Crippen molar-refractivity contribution < 1.29 is 9.90 Å². The number of nitrogens with one attached hydrogen (secondary N) is 1. The van der Waals surface area contributed by atoms with E-state index in [4.69, 9.17) is 0 Å². The van der Waals surface area contributed by atoms with Crippen LogP contribution in [0, 0.1) is 0 Å². The van der Waals surface area contributed by atoms with Crippen LogP contribution in [0.5, 0.6) is 0 Å². The third-order valence-corrected chi connectivity index (χ3v) is 5.75. The molecule has 1 unspecified atom stereocenters. The lowest BCUT2D eigenvalue weighted by atomic mass is 10.2. The van der Waals surface area contributed by atoms with E-state index in [1.165, 1.54) is 16.9 Å². The topological polar surface area (TPSA) is 49.3 Å². The summed E-state index contributed by atoms with van der Waals surface area (Å²) in [7, 11) is 0. The van der Waals surface area contributed by atoms with Crippen molar-refractivity contribution in [2.45, 2.75) is 6.10 Å². The van der Waals surface area contributed by atoms with E-state index in [1.807, 2.05) is 29.0 Å². The number of aliphatic hydroxyl groups excluding tert-OH is 1. The molecule has 0 aromatic carbocycles. The van der Waals surface area contributed by atoms with Crippen LogP contribution in [0.2, 0.25) is 0 Å². The van der Waals surface area contributed by atoms with Gasteiger partial charge in [0.25, 0.3) is 5.91 Å². The molecule has 0 saturated carbocycles. The van der Waals surface area contributed by atoms with Gasteiger partial charge in [-0.05, 0) is 40.4 Å². The zero-order valence-electron chi connectivity index (χ0n) is 11.0. The fraction of sp³-hybridized carbons (Fsp3) is 0.133. The summed E-state index contributed by atoms with van der Waals surface area (Å²) < 4.78 is 0. The molecule has 1 amide bonds. The number of rotatable bonds is 5. The summed E-state index contributed by atoms with van der Waals surface area (Å²) in [6, 6.07) is 9.59. The molecule has 21 heavy (non-hydrogen) atoms. The zero-order chi connectivity index (χ0) is 14.7. The van der Waals surface area contributed by atoms with Crippen molar-refractivity contribution in [1.82, 2.24) is 5.32 Å². The van der Waals surface area contributed by atoms with Crippen LogP contribution < -0.4 is 5.32 Å². The van der Waals surface area contributed by atoms with Crippen LogP contribution in [0.4, 0.5) is 0 Å². The molecule has 108 valence electrons. The number of amides is 1. The molecule has 0 radical (unpaired) electrons. The van der Waals surface area contributed by atoms with Gasteiger partial charge in [0.05, 0.1) is 4.88 Å². The number of aliphatic hydroxyl groups is 1. The Morgan fingerprint density at radius 2 is 2.14 bits per heavy atom. The van der Waals surface area contributed by atoms with Gasteiger partial charge in [-0.3, -0.25) is 4.79 Å². The normalized spacial score (nSPS) is 12.2. The number of hydrogen-bond donors (Lipinski definition) is 2. The van der Waals surface area contributed by atoms with Crippen LogP contribution in [0.1, 0.15) is 20.7 Å². The van der Waals surface area contributed by atoms with Gasteiger partial charge in [-0.25, -0.2) is 0 Å². The highest BCUT2D eigenvalue weighted by molar-refractivity contribution is 7.16. The lowest BCUT2D eigenvalue weighted by Gasteiger charge is -2.09. The molecule has 0 bridgehead atoms. The monoisotopic (exact) mass is 335 g/mol. The molecule has 0 aliphatic rings. The van der Waals surface area contributed by atoms with Crippen molar-refractivity contribution in [3.05, 3.63) is 56.2 Å². The van der Waals surface area contributed by atoms with Crippen molar-refractivity contribution in [2.24, 2.45) is 0 Å². The van der Waals surface area contributed by atoms with E-state index in [9.17, 15) is 9.90 Å². The van der Waals surface area contributed by atoms with Crippen LogP contribution in [0.15, 0.2) is 46.5 Å². The molecule has 1 atom stereocenters. The van der Waals surface area contributed by atoms with E-state index in [-0.39, 0.29) is 12.5 Å². The van der Waals surface area contributed by atoms with E-state index in [0.29, 0.717) is 4.88 Å². The molecule has 0 fully saturated rings. The molecule has 3 nitrogen and oxygen atoms in total. The van der Waals surface area contributed by atoms with Gasteiger partial charge in [0.1, 0.15) is 6.10 Å². The summed E-state index contributed by atoms with van der Waals surface area (Å²) in [4.78, 5) is 14.5. The highest BCUT2D eigenvalue weighted by Crippen LogP contribution is 2.32. The maximum atomic E-state index is 11.8. The fourth-order valence-corrected chi connectivity index (χ4v) is 4.24. The van der Waals surface area contributed by atoms with Crippen LogP contribution in [0.3, 0.4) is 0 Å². The van der Waals surface area contributed by atoms with Gasteiger partial charge in [-0.1, -0.05) is 6.07 Å². The minimum Gasteiger partial charge on any atom is -0.386 e. The summed E-state index contributed by atoms with van der Waals surface area (Å²) in [6.07, 6.45) is -0.675. The summed E-state index contributed by atoms with van der Waals surface area (Å²) in [5.41, 5.74) is 1.17. The van der Waals surface area contributed by atoms with Gasteiger partial charge in [0.15, 0.2) is 0 Å². The third-order valence-electron chi connectivity index (χ3n) is 2.96. The van der Waals surface area contributed by atoms with Crippen molar-refractivity contribution in [1.29, 1.82) is 0 Å². The van der Waals surface area contributed by atoms with Crippen molar-refractivity contribution in [3.8, 4) is 10.4 Å². The van der Waals surface area contributed by atoms with Crippen LogP contribution in [0.25, 0.3) is 10.4 Å². The average Bonchev–Trinajstić information content (AvgIpc) is 3.25. The maximum absolute atomic E-state index is 11.8. The summed E-state index contributed by atoms with van der Waals surface area (Å²) in [5.74, 6) is -0.140. The summed E-state index contributed by atoms with van der Waals surface area (Å²) >= 11 is 4.60. The largest absolute Gasteiger partial charge is 0.386 e. The molecule has 3 rings (SSSR count). The third kappa shape index (κ3) is 3.41. The lowest BCUT2D eigenvalue weighted by Crippen LogP contribution is -2.27. The first-order chi connectivity index (χ1) is 10.2. The molecule has 3 aromatic rings. The smallest absolute Gasteiger partial charge is 0.261 e. The SMILES string of the molecule is O=C(NCC(O)c1ccc(-c2ccsc2)s1)c1cccs1. The molecular formula is C15H13NO2S3. The Kier molecular flexibility index (Phi) is 4.50. The molecular weight excluding hydrogens is 322 g/mol. The number of carbonyl (C=O) groups is 1. The van der Waals surface area contributed by atoms with Gasteiger partial charge < -0.3 is 10.4 Å². The Bertz CT molecular complexity index is 701. The molecule has 0 aliphatic heterocycles. The minimum absolute atomic E-state index is 0.140. The highest BCUT2D eigenvalue weighted by Gasteiger charge is 2.14. The average molecular weight is 335 g/mol. The fourth-order valence-electron chi connectivity index (χ4n) is 1.88. The second-order valence-corrected chi connectivity index (χ2v) is 7.26. The Hall–Kier alpha value is -1.47. The number of carbonyl (C=O) groups excluding carboxylic acids is 1. The van der Waals surface area contributed by atoms with Gasteiger partial charge in [0.2, 0.25) is 0 Å². The van der Waals surface area contributed by atoms with E-state index >= 15 is 0 Å². The Morgan fingerprint density at radius 1 is 1.24 bits per heavy atom. The second-order valence-electron chi connectivity index (χ2n) is 4.42. The molecule has 6 heteroatoms. The van der Waals surface area contributed by atoms with Crippen molar-refractivity contribution in [2.75, 3.05) is 6.54 Å².